The van der Waals surface area contributed by atoms with Crippen LogP contribution < -0.4 is 5.32 Å². The minimum atomic E-state index is -0.502. The highest BCUT2D eigenvalue weighted by Crippen LogP contribution is 2.37. The summed E-state index contributed by atoms with van der Waals surface area (Å²) in [6, 6.07) is 4.76. The molecule has 0 aliphatic heterocycles. The van der Waals surface area contributed by atoms with Crippen LogP contribution in [-0.2, 0) is 0 Å². The normalized spacial score (nSPS) is 20.2. The quantitative estimate of drug-likeness (QED) is 0.524. The largest absolute Gasteiger partial charge is 0.349 e. The van der Waals surface area contributed by atoms with Crippen LogP contribution >= 0.6 is 11.8 Å². The van der Waals surface area contributed by atoms with Crippen LogP contribution in [0, 0.1) is 15.5 Å². The molecule has 1 amide bonds. The number of nitro groups is 1. The smallest absolute Gasteiger partial charge is 0.282 e. The fraction of sp³-hybridized carbons (Fsp3) is 0.533. The minimum absolute atomic E-state index is 0.102. The Morgan fingerprint density at radius 1 is 1.48 bits per heavy atom. The van der Waals surface area contributed by atoms with Gasteiger partial charge in [0.1, 0.15) is 5.56 Å². The molecule has 1 atom stereocenters. The van der Waals surface area contributed by atoms with E-state index < -0.39 is 4.92 Å². The van der Waals surface area contributed by atoms with Gasteiger partial charge in [0.2, 0.25) is 0 Å². The van der Waals surface area contributed by atoms with Crippen LogP contribution in [0.3, 0.4) is 0 Å². The zero-order chi connectivity index (χ0) is 15.6. The first kappa shape index (κ1) is 15.8. The third-order valence-corrected chi connectivity index (χ3v) is 4.67. The van der Waals surface area contributed by atoms with Crippen molar-refractivity contribution in [3.8, 4) is 0 Å². The number of hydrogen-bond acceptors (Lipinski definition) is 4. The molecule has 2 rings (SSSR count). The van der Waals surface area contributed by atoms with Gasteiger partial charge >= 0.3 is 0 Å². The second-order valence-electron chi connectivity index (χ2n) is 6.22. The van der Waals surface area contributed by atoms with Crippen molar-refractivity contribution in [1.29, 1.82) is 0 Å². The molecule has 1 aromatic carbocycles. The first-order chi connectivity index (χ1) is 9.82. The third-order valence-electron chi connectivity index (χ3n) is 3.95. The Morgan fingerprint density at radius 2 is 2.19 bits per heavy atom. The molecule has 114 valence electrons. The molecule has 6 heteroatoms. The van der Waals surface area contributed by atoms with E-state index in [1.807, 2.05) is 6.26 Å². The van der Waals surface area contributed by atoms with Gasteiger partial charge in [-0.2, -0.15) is 0 Å². The predicted molar refractivity (Wildman–Crippen MR) is 83.8 cm³/mol. The maximum atomic E-state index is 12.4. The van der Waals surface area contributed by atoms with Crippen molar-refractivity contribution >= 4 is 23.4 Å². The summed E-state index contributed by atoms with van der Waals surface area (Å²) in [6.07, 6.45) is 4.77. The average Bonchev–Trinajstić information content (AvgIpc) is 2.76. The van der Waals surface area contributed by atoms with Crippen molar-refractivity contribution in [1.82, 2.24) is 5.32 Å². The lowest BCUT2D eigenvalue weighted by Crippen LogP contribution is -2.33. The number of carbonyl (C=O) groups is 1. The van der Waals surface area contributed by atoms with Gasteiger partial charge in [0.05, 0.1) is 4.92 Å². The van der Waals surface area contributed by atoms with Crippen molar-refractivity contribution in [3.63, 3.8) is 0 Å². The van der Waals surface area contributed by atoms with E-state index in [2.05, 4.69) is 19.2 Å². The topological polar surface area (TPSA) is 72.2 Å². The maximum absolute atomic E-state index is 12.4. The summed E-state index contributed by atoms with van der Waals surface area (Å²) in [5.41, 5.74) is 0.240. The molecule has 1 aliphatic carbocycles. The Labute approximate surface area is 128 Å². The van der Waals surface area contributed by atoms with Gasteiger partial charge in [-0.1, -0.05) is 13.8 Å². The van der Waals surface area contributed by atoms with E-state index in [0.717, 1.165) is 24.2 Å². The second-order valence-corrected chi connectivity index (χ2v) is 7.10. The fourth-order valence-electron chi connectivity index (χ4n) is 2.81. The number of thioether (sulfide) groups is 1. The first-order valence-corrected chi connectivity index (χ1v) is 8.18. The summed E-state index contributed by atoms with van der Waals surface area (Å²) in [5.74, 6) is -0.347. The van der Waals surface area contributed by atoms with Crippen LogP contribution in [0.5, 0.6) is 0 Å². The van der Waals surface area contributed by atoms with Gasteiger partial charge in [0.15, 0.2) is 0 Å². The lowest BCUT2D eigenvalue weighted by molar-refractivity contribution is -0.385. The summed E-state index contributed by atoms with van der Waals surface area (Å²) < 4.78 is 0. The van der Waals surface area contributed by atoms with E-state index in [0.29, 0.717) is 0 Å². The van der Waals surface area contributed by atoms with E-state index in [-0.39, 0.29) is 28.6 Å². The summed E-state index contributed by atoms with van der Waals surface area (Å²) in [7, 11) is 0. The Bertz CT molecular complexity index is 572. The molecule has 0 bridgehead atoms. The summed E-state index contributed by atoms with van der Waals surface area (Å²) in [4.78, 5) is 23.8. The molecular weight excluding hydrogens is 288 g/mol. The van der Waals surface area contributed by atoms with E-state index in [1.165, 1.54) is 17.8 Å². The first-order valence-electron chi connectivity index (χ1n) is 6.96. The van der Waals surface area contributed by atoms with Crippen molar-refractivity contribution < 1.29 is 9.72 Å². The van der Waals surface area contributed by atoms with Crippen molar-refractivity contribution in [2.75, 3.05) is 6.26 Å². The highest BCUT2D eigenvalue weighted by atomic mass is 32.2. The molecule has 5 nitrogen and oxygen atoms in total. The van der Waals surface area contributed by atoms with Crippen molar-refractivity contribution in [3.05, 3.63) is 33.9 Å². The van der Waals surface area contributed by atoms with Crippen LogP contribution in [0.1, 0.15) is 43.5 Å². The van der Waals surface area contributed by atoms with E-state index >= 15 is 0 Å². The van der Waals surface area contributed by atoms with Crippen LogP contribution in [0.4, 0.5) is 5.69 Å². The Morgan fingerprint density at radius 3 is 2.71 bits per heavy atom. The summed E-state index contributed by atoms with van der Waals surface area (Å²) >= 11 is 1.46. The number of hydrogen-bond donors (Lipinski definition) is 1. The molecule has 1 N–H and O–H groups in total. The number of amides is 1. The molecule has 0 saturated heterocycles. The lowest BCUT2D eigenvalue weighted by Gasteiger charge is -2.18. The molecule has 0 radical (unpaired) electrons. The summed E-state index contributed by atoms with van der Waals surface area (Å²) in [6.45, 7) is 4.35. The monoisotopic (exact) mass is 308 g/mol. The predicted octanol–water partition coefficient (Wildman–Crippen LogP) is 3.63. The zero-order valence-electron chi connectivity index (χ0n) is 12.5. The molecule has 1 fully saturated rings. The standard InChI is InChI=1S/C15H20N2O3S/c1-15(2)7-6-10(9-15)16-14(18)12-8-11(21-3)4-5-13(12)17(19)20/h4-5,8,10H,6-7,9H2,1-3H3,(H,16,18). The van der Waals surface area contributed by atoms with Crippen LogP contribution in [0.2, 0.25) is 0 Å². The SMILES string of the molecule is CSc1ccc([N+](=O)[O-])c(C(=O)NC2CCC(C)(C)C2)c1. The lowest BCUT2D eigenvalue weighted by atomic mass is 9.92. The molecular formula is C15H20N2O3S. The number of nitrogens with zero attached hydrogens (tertiary/aromatic N) is 1. The molecule has 0 spiro atoms. The molecule has 0 aromatic heterocycles. The zero-order valence-corrected chi connectivity index (χ0v) is 13.3. The van der Waals surface area contributed by atoms with Gasteiger partial charge in [-0.25, -0.2) is 0 Å². The molecule has 1 unspecified atom stereocenters. The van der Waals surface area contributed by atoms with E-state index in [4.69, 9.17) is 0 Å². The van der Waals surface area contributed by atoms with E-state index in [9.17, 15) is 14.9 Å². The maximum Gasteiger partial charge on any atom is 0.282 e. The number of rotatable bonds is 4. The van der Waals surface area contributed by atoms with Crippen LogP contribution in [-0.4, -0.2) is 23.1 Å². The number of carbonyl (C=O) groups excluding carboxylic acids is 1. The van der Waals surface area contributed by atoms with Crippen molar-refractivity contribution in [2.45, 2.75) is 44.0 Å². The highest BCUT2D eigenvalue weighted by molar-refractivity contribution is 7.98. The average molecular weight is 308 g/mol. The van der Waals surface area contributed by atoms with Gasteiger partial charge in [-0.3, -0.25) is 14.9 Å². The molecule has 21 heavy (non-hydrogen) atoms. The Kier molecular flexibility index (Phi) is 4.56. The molecule has 0 heterocycles. The Hall–Kier alpha value is -1.56. The second kappa shape index (κ2) is 6.05. The molecule has 1 aromatic rings. The van der Waals surface area contributed by atoms with Gasteiger partial charge in [-0.05, 0) is 43.1 Å². The third kappa shape index (κ3) is 3.75. The van der Waals surface area contributed by atoms with Gasteiger partial charge in [-0.15, -0.1) is 11.8 Å². The van der Waals surface area contributed by atoms with Crippen molar-refractivity contribution in [2.24, 2.45) is 5.41 Å². The van der Waals surface area contributed by atoms with E-state index in [1.54, 1.807) is 12.1 Å². The molecule has 1 saturated carbocycles. The fourth-order valence-corrected chi connectivity index (χ4v) is 3.25. The summed E-state index contributed by atoms with van der Waals surface area (Å²) in [5, 5.41) is 14.0. The number of benzene rings is 1. The Balaban J connectivity index is 2.20. The number of nitrogens with one attached hydrogen (secondary N) is 1. The van der Waals surface area contributed by atoms with Gasteiger partial charge < -0.3 is 5.32 Å². The highest BCUT2D eigenvalue weighted by Gasteiger charge is 2.32. The van der Waals surface area contributed by atoms with Gasteiger partial charge in [0, 0.05) is 17.0 Å². The van der Waals surface area contributed by atoms with Crippen LogP contribution in [0.25, 0.3) is 0 Å². The van der Waals surface area contributed by atoms with Crippen LogP contribution in [0.15, 0.2) is 23.1 Å². The number of nitro benzene ring substituents is 1. The van der Waals surface area contributed by atoms with Gasteiger partial charge in [0.25, 0.3) is 11.6 Å². The molecule has 1 aliphatic rings. The minimum Gasteiger partial charge on any atom is -0.349 e.